The van der Waals surface area contributed by atoms with Gasteiger partial charge in [0.2, 0.25) is 0 Å². The molecule has 0 unspecified atom stereocenters. The van der Waals surface area contributed by atoms with Gasteiger partial charge in [-0.25, -0.2) is 4.79 Å². The summed E-state index contributed by atoms with van der Waals surface area (Å²) in [5.41, 5.74) is 1.98. The minimum Gasteiger partial charge on any atom is -0.324 e. The molecule has 1 aliphatic heterocycles. The first-order chi connectivity index (χ1) is 13.5. The van der Waals surface area contributed by atoms with Crippen molar-refractivity contribution in [2.24, 2.45) is 5.92 Å². The number of Topliss-reactive ketones (excluding diaryl/α,β-unsaturated/α-hetero) is 2. The monoisotopic (exact) mass is 396 g/mol. The summed E-state index contributed by atoms with van der Waals surface area (Å²) in [7, 11) is 0. The molecule has 1 aliphatic rings. The van der Waals surface area contributed by atoms with Crippen molar-refractivity contribution in [1.29, 1.82) is 0 Å². The lowest BCUT2D eigenvalue weighted by Crippen LogP contribution is -2.44. The fourth-order valence-corrected chi connectivity index (χ4v) is 4.04. The van der Waals surface area contributed by atoms with Crippen LogP contribution in [0.5, 0.6) is 0 Å². The van der Waals surface area contributed by atoms with Crippen molar-refractivity contribution in [1.82, 2.24) is 4.90 Å². The van der Waals surface area contributed by atoms with E-state index in [0.29, 0.717) is 24.3 Å². The molecule has 28 heavy (non-hydrogen) atoms. The van der Waals surface area contributed by atoms with Gasteiger partial charge in [-0.2, -0.15) is 0 Å². The lowest BCUT2D eigenvalue weighted by atomic mass is 9.90. The van der Waals surface area contributed by atoms with E-state index in [1.54, 1.807) is 40.9 Å². The summed E-state index contributed by atoms with van der Waals surface area (Å²) in [6.45, 7) is 2.55. The van der Waals surface area contributed by atoms with E-state index >= 15 is 0 Å². The van der Waals surface area contributed by atoms with E-state index in [2.05, 4.69) is 5.32 Å². The molecule has 0 saturated carbocycles. The van der Waals surface area contributed by atoms with Crippen molar-refractivity contribution >= 4 is 35.0 Å². The fraction of sp³-hybridized carbons (Fsp3) is 0.318. The Morgan fingerprint density at radius 2 is 1.79 bits per heavy atom. The number of urea groups is 1. The van der Waals surface area contributed by atoms with Crippen molar-refractivity contribution in [3.05, 3.63) is 59.7 Å². The largest absolute Gasteiger partial charge is 0.324 e. The number of amides is 2. The van der Waals surface area contributed by atoms with Gasteiger partial charge in [-0.05, 0) is 56.4 Å². The Kier molecular flexibility index (Phi) is 6.52. The molecule has 3 rings (SSSR count). The number of benzene rings is 2. The molecule has 1 N–H and O–H groups in total. The normalized spacial score (nSPS) is 16.5. The van der Waals surface area contributed by atoms with Crippen LogP contribution in [-0.2, 0) is 0 Å². The molecule has 2 aromatic rings. The molecular weight excluding hydrogens is 372 g/mol. The lowest BCUT2D eigenvalue weighted by molar-refractivity contribution is 0.0848. The molecule has 6 heteroatoms. The molecule has 1 saturated heterocycles. The number of likely N-dealkylation sites (tertiary alicyclic amines) is 1. The van der Waals surface area contributed by atoms with Gasteiger partial charge in [0.1, 0.15) is 0 Å². The van der Waals surface area contributed by atoms with E-state index in [1.807, 2.05) is 30.5 Å². The second-order valence-electron chi connectivity index (χ2n) is 6.91. The second kappa shape index (κ2) is 9.06. The van der Waals surface area contributed by atoms with E-state index in [4.69, 9.17) is 0 Å². The Hall–Kier alpha value is -2.60. The van der Waals surface area contributed by atoms with E-state index < -0.39 is 0 Å². The number of carbonyl (C=O) groups excluding carboxylic acids is 3. The predicted octanol–water partition coefficient (Wildman–Crippen LogP) is 4.74. The SMILES string of the molecule is CSc1ccccc1C(=O)[C@H]1CCCN(C(=O)Nc2ccc(C(C)=O)cc2)C1. The van der Waals surface area contributed by atoms with Crippen molar-refractivity contribution < 1.29 is 14.4 Å². The zero-order valence-corrected chi connectivity index (χ0v) is 16.9. The van der Waals surface area contributed by atoms with E-state index in [0.717, 1.165) is 23.3 Å². The van der Waals surface area contributed by atoms with Gasteiger partial charge < -0.3 is 10.2 Å². The van der Waals surface area contributed by atoms with Crippen LogP contribution >= 0.6 is 11.8 Å². The van der Waals surface area contributed by atoms with Crippen molar-refractivity contribution in [2.75, 3.05) is 24.7 Å². The molecule has 0 spiro atoms. The number of hydrogen-bond acceptors (Lipinski definition) is 4. The molecule has 0 aromatic heterocycles. The number of rotatable bonds is 5. The molecule has 0 aliphatic carbocycles. The average molecular weight is 397 g/mol. The summed E-state index contributed by atoms with van der Waals surface area (Å²) < 4.78 is 0. The van der Waals surface area contributed by atoms with Crippen LogP contribution in [0.25, 0.3) is 0 Å². The van der Waals surface area contributed by atoms with E-state index in [-0.39, 0.29) is 23.5 Å². The summed E-state index contributed by atoms with van der Waals surface area (Å²) >= 11 is 1.56. The highest BCUT2D eigenvalue weighted by molar-refractivity contribution is 7.98. The van der Waals surface area contributed by atoms with Gasteiger partial charge in [-0.1, -0.05) is 18.2 Å². The summed E-state index contributed by atoms with van der Waals surface area (Å²) in [5.74, 6) is -0.0954. The smallest absolute Gasteiger partial charge is 0.321 e. The van der Waals surface area contributed by atoms with Crippen LogP contribution in [0, 0.1) is 5.92 Å². The summed E-state index contributed by atoms with van der Waals surface area (Å²) in [4.78, 5) is 39.7. The molecule has 1 fully saturated rings. The van der Waals surface area contributed by atoms with E-state index in [9.17, 15) is 14.4 Å². The van der Waals surface area contributed by atoms with Crippen LogP contribution in [0.15, 0.2) is 53.4 Å². The Bertz CT molecular complexity index is 880. The molecule has 2 amide bonds. The maximum absolute atomic E-state index is 13.0. The van der Waals surface area contributed by atoms with Gasteiger partial charge in [0.25, 0.3) is 0 Å². The van der Waals surface area contributed by atoms with Gasteiger partial charge in [0.15, 0.2) is 11.6 Å². The van der Waals surface area contributed by atoms with Crippen LogP contribution < -0.4 is 5.32 Å². The number of nitrogens with one attached hydrogen (secondary N) is 1. The van der Waals surface area contributed by atoms with Gasteiger partial charge in [0.05, 0.1) is 0 Å². The third-order valence-electron chi connectivity index (χ3n) is 4.99. The Balaban J connectivity index is 1.66. The van der Waals surface area contributed by atoms with Crippen LogP contribution in [0.2, 0.25) is 0 Å². The molecular formula is C22H24N2O3S. The second-order valence-corrected chi connectivity index (χ2v) is 7.76. The minimum atomic E-state index is -0.216. The van der Waals surface area contributed by atoms with Crippen LogP contribution in [0.1, 0.15) is 40.5 Å². The third kappa shape index (κ3) is 4.62. The number of carbonyl (C=O) groups is 3. The molecule has 0 radical (unpaired) electrons. The van der Waals surface area contributed by atoms with Gasteiger partial charge >= 0.3 is 6.03 Å². The molecule has 2 aromatic carbocycles. The summed E-state index contributed by atoms with van der Waals surface area (Å²) in [5, 5.41) is 2.86. The number of nitrogens with zero attached hydrogens (tertiary/aromatic N) is 1. The minimum absolute atomic E-state index is 0.0132. The van der Waals surface area contributed by atoms with Gasteiger partial charge in [-0.3, -0.25) is 9.59 Å². The van der Waals surface area contributed by atoms with E-state index in [1.165, 1.54) is 6.92 Å². The first-order valence-electron chi connectivity index (χ1n) is 9.33. The van der Waals surface area contributed by atoms with Crippen molar-refractivity contribution in [2.45, 2.75) is 24.7 Å². The van der Waals surface area contributed by atoms with Crippen molar-refractivity contribution in [3.8, 4) is 0 Å². The molecule has 5 nitrogen and oxygen atoms in total. The van der Waals surface area contributed by atoms with Crippen LogP contribution in [-0.4, -0.2) is 41.8 Å². The average Bonchev–Trinajstić information content (AvgIpc) is 2.73. The fourth-order valence-electron chi connectivity index (χ4n) is 3.43. The predicted molar refractivity (Wildman–Crippen MR) is 112 cm³/mol. The number of thioether (sulfide) groups is 1. The topological polar surface area (TPSA) is 66.5 Å². The molecule has 146 valence electrons. The van der Waals surface area contributed by atoms with Crippen molar-refractivity contribution in [3.63, 3.8) is 0 Å². The lowest BCUT2D eigenvalue weighted by Gasteiger charge is -2.32. The third-order valence-corrected chi connectivity index (χ3v) is 5.79. The van der Waals surface area contributed by atoms with Gasteiger partial charge in [0, 0.05) is 40.7 Å². The first kappa shape index (κ1) is 20.1. The Labute approximate surface area is 169 Å². The maximum atomic E-state index is 13.0. The number of piperidine rings is 1. The Morgan fingerprint density at radius 3 is 2.46 bits per heavy atom. The number of anilines is 1. The van der Waals surface area contributed by atoms with Crippen LogP contribution in [0.4, 0.5) is 10.5 Å². The summed E-state index contributed by atoms with van der Waals surface area (Å²) in [6.07, 6.45) is 3.55. The first-order valence-corrected chi connectivity index (χ1v) is 10.6. The quantitative estimate of drug-likeness (QED) is 0.586. The zero-order valence-electron chi connectivity index (χ0n) is 16.1. The highest BCUT2D eigenvalue weighted by Gasteiger charge is 2.30. The standard InChI is InChI=1S/C22H24N2O3S/c1-15(25)16-9-11-18(12-10-16)23-22(27)24-13-5-6-17(14-24)21(26)19-7-3-4-8-20(19)28-2/h3-4,7-12,17H,5-6,13-14H2,1-2H3,(H,23,27)/t17-/m0/s1. The number of hydrogen-bond donors (Lipinski definition) is 1. The molecule has 1 heterocycles. The highest BCUT2D eigenvalue weighted by Crippen LogP contribution is 2.27. The highest BCUT2D eigenvalue weighted by atomic mass is 32.2. The summed E-state index contributed by atoms with van der Waals surface area (Å²) in [6, 6.07) is 14.2. The maximum Gasteiger partial charge on any atom is 0.321 e. The number of ketones is 2. The van der Waals surface area contributed by atoms with Gasteiger partial charge in [-0.15, -0.1) is 11.8 Å². The molecule has 0 bridgehead atoms. The Morgan fingerprint density at radius 1 is 1.07 bits per heavy atom. The van der Waals surface area contributed by atoms with Crippen LogP contribution in [0.3, 0.4) is 0 Å². The molecule has 1 atom stereocenters. The zero-order chi connectivity index (χ0) is 20.1.